The van der Waals surface area contributed by atoms with Gasteiger partial charge in [0, 0.05) is 25.7 Å². The van der Waals surface area contributed by atoms with Gasteiger partial charge in [-0.05, 0) is 37.5 Å². The summed E-state index contributed by atoms with van der Waals surface area (Å²) >= 11 is 0. The predicted octanol–water partition coefficient (Wildman–Crippen LogP) is 18.0. The quantitative estimate of drug-likeness (QED) is 0.0222. The van der Waals surface area contributed by atoms with Crippen LogP contribution in [0.4, 0.5) is 0 Å². The molecular formula is C65H126O17P2. The van der Waals surface area contributed by atoms with Crippen LogP contribution in [-0.2, 0) is 65.4 Å². The molecule has 0 radical (unpaired) electrons. The normalized spacial score (nSPS) is 14.3. The van der Waals surface area contributed by atoms with Gasteiger partial charge in [-0.2, -0.15) is 0 Å². The van der Waals surface area contributed by atoms with Crippen molar-refractivity contribution in [2.75, 3.05) is 39.6 Å². The molecule has 0 bridgehead atoms. The molecule has 0 aromatic heterocycles. The summed E-state index contributed by atoms with van der Waals surface area (Å²) in [6.07, 6.45) is 40.3. The van der Waals surface area contributed by atoms with E-state index in [1.807, 2.05) is 0 Å². The molecule has 3 N–H and O–H groups in total. The zero-order valence-corrected chi connectivity index (χ0v) is 56.0. The fourth-order valence-corrected chi connectivity index (χ4v) is 11.3. The number of hydrogen-bond donors (Lipinski definition) is 3. The van der Waals surface area contributed by atoms with Gasteiger partial charge in [-0.1, -0.05) is 273 Å². The fraction of sp³-hybridized carbons (Fsp3) is 0.938. The zero-order valence-electron chi connectivity index (χ0n) is 54.2. The second-order valence-corrected chi connectivity index (χ2v) is 27.4. The average molecular weight is 1240 g/mol. The first kappa shape index (κ1) is 82.1. The van der Waals surface area contributed by atoms with E-state index >= 15 is 0 Å². The molecule has 0 heterocycles. The first-order valence-electron chi connectivity index (χ1n) is 34.0. The summed E-state index contributed by atoms with van der Waals surface area (Å²) < 4.78 is 68.0. The van der Waals surface area contributed by atoms with E-state index in [9.17, 15) is 43.2 Å². The number of phosphoric ester groups is 2. The molecule has 0 amide bonds. The monoisotopic (exact) mass is 1240 g/mol. The minimum Gasteiger partial charge on any atom is -0.462 e. The van der Waals surface area contributed by atoms with Crippen LogP contribution in [0.1, 0.15) is 324 Å². The third-order valence-corrected chi connectivity index (χ3v) is 16.9. The van der Waals surface area contributed by atoms with E-state index < -0.39 is 97.5 Å². The van der Waals surface area contributed by atoms with Crippen molar-refractivity contribution in [1.29, 1.82) is 0 Å². The van der Waals surface area contributed by atoms with Crippen LogP contribution in [0, 0.1) is 11.8 Å². The molecule has 2 unspecified atom stereocenters. The van der Waals surface area contributed by atoms with E-state index in [0.29, 0.717) is 25.7 Å². The van der Waals surface area contributed by atoms with Gasteiger partial charge in [0.2, 0.25) is 0 Å². The summed E-state index contributed by atoms with van der Waals surface area (Å²) in [6.45, 7) is 9.45. The van der Waals surface area contributed by atoms with Crippen molar-refractivity contribution in [1.82, 2.24) is 0 Å². The average Bonchev–Trinajstić information content (AvgIpc) is 3.53. The molecule has 84 heavy (non-hydrogen) atoms. The summed E-state index contributed by atoms with van der Waals surface area (Å²) in [4.78, 5) is 72.2. The number of aliphatic hydroxyl groups is 1. The molecule has 498 valence electrons. The van der Waals surface area contributed by atoms with E-state index in [2.05, 4.69) is 41.5 Å². The van der Waals surface area contributed by atoms with Gasteiger partial charge in [0.15, 0.2) is 12.2 Å². The van der Waals surface area contributed by atoms with Crippen LogP contribution in [0.2, 0.25) is 0 Å². The summed E-state index contributed by atoms with van der Waals surface area (Å²) in [7, 11) is -9.88. The first-order valence-corrected chi connectivity index (χ1v) is 37.0. The maximum Gasteiger partial charge on any atom is 0.472 e. The molecular weight excluding hydrogens is 1110 g/mol. The summed E-state index contributed by atoms with van der Waals surface area (Å²) in [5.74, 6) is -0.625. The zero-order chi connectivity index (χ0) is 62.2. The smallest absolute Gasteiger partial charge is 0.462 e. The minimum absolute atomic E-state index is 0.106. The Kier molecular flexibility index (Phi) is 56.2. The molecule has 0 aliphatic carbocycles. The number of unbranched alkanes of at least 4 members (excludes halogenated alkanes) is 34. The van der Waals surface area contributed by atoms with E-state index in [4.69, 9.17) is 37.0 Å². The van der Waals surface area contributed by atoms with Gasteiger partial charge in [0.1, 0.15) is 19.3 Å². The lowest BCUT2D eigenvalue weighted by molar-refractivity contribution is -0.161. The number of carbonyl (C=O) groups is 4. The predicted molar refractivity (Wildman–Crippen MR) is 335 cm³/mol. The second-order valence-electron chi connectivity index (χ2n) is 24.5. The van der Waals surface area contributed by atoms with E-state index in [0.717, 1.165) is 115 Å². The van der Waals surface area contributed by atoms with Crippen molar-refractivity contribution in [2.45, 2.75) is 342 Å². The lowest BCUT2D eigenvalue weighted by Crippen LogP contribution is -2.30. The van der Waals surface area contributed by atoms with Crippen LogP contribution in [0.3, 0.4) is 0 Å². The van der Waals surface area contributed by atoms with Crippen LogP contribution in [0.15, 0.2) is 0 Å². The molecule has 0 aromatic rings. The number of carbonyl (C=O) groups excluding carboxylic acids is 4. The van der Waals surface area contributed by atoms with Gasteiger partial charge in [0.25, 0.3) is 0 Å². The lowest BCUT2D eigenvalue weighted by Gasteiger charge is -2.21. The third kappa shape index (κ3) is 59.0. The highest BCUT2D eigenvalue weighted by Gasteiger charge is 2.30. The molecule has 0 spiro atoms. The van der Waals surface area contributed by atoms with Crippen molar-refractivity contribution >= 4 is 39.5 Å². The number of hydrogen-bond acceptors (Lipinski definition) is 15. The Bertz CT molecular complexity index is 1650. The van der Waals surface area contributed by atoms with Crippen molar-refractivity contribution in [3.63, 3.8) is 0 Å². The highest BCUT2D eigenvalue weighted by atomic mass is 31.2. The third-order valence-electron chi connectivity index (χ3n) is 15.0. The molecule has 0 rings (SSSR count). The molecule has 0 saturated carbocycles. The number of rotatable bonds is 64. The first-order chi connectivity index (χ1) is 40.4. The minimum atomic E-state index is -4.95. The Morgan fingerprint density at radius 1 is 0.321 bits per heavy atom. The van der Waals surface area contributed by atoms with Gasteiger partial charge in [-0.3, -0.25) is 37.3 Å². The van der Waals surface area contributed by atoms with Crippen molar-refractivity contribution in [3.8, 4) is 0 Å². The molecule has 0 aliphatic heterocycles. The highest BCUT2D eigenvalue weighted by Crippen LogP contribution is 2.45. The fourth-order valence-electron chi connectivity index (χ4n) is 9.71. The Balaban J connectivity index is 5.22. The van der Waals surface area contributed by atoms with E-state index in [-0.39, 0.29) is 25.7 Å². The topological polar surface area (TPSA) is 237 Å². The molecule has 0 saturated heterocycles. The molecule has 19 heteroatoms. The van der Waals surface area contributed by atoms with Gasteiger partial charge in [-0.15, -0.1) is 0 Å². The maximum absolute atomic E-state index is 13.0. The highest BCUT2D eigenvalue weighted by molar-refractivity contribution is 7.47. The van der Waals surface area contributed by atoms with Crippen molar-refractivity contribution < 1.29 is 80.2 Å². The molecule has 17 nitrogen and oxygen atoms in total. The van der Waals surface area contributed by atoms with Gasteiger partial charge >= 0.3 is 39.5 Å². The second kappa shape index (κ2) is 57.5. The van der Waals surface area contributed by atoms with Crippen molar-refractivity contribution in [3.05, 3.63) is 0 Å². The number of esters is 4. The van der Waals surface area contributed by atoms with E-state index in [1.54, 1.807) is 0 Å². The SMILES string of the molecule is CCCCCCCCCCCCCC(=O)O[C@H](COC(=O)CCCCCCCCC)COP(=O)(O)OC[C@H](O)COP(=O)(O)OC[C@@H](COC(=O)CCCCCCCCCCCCC(C)C)OC(=O)CCCCCCCCCCCCC(C)C. The lowest BCUT2D eigenvalue weighted by atomic mass is 10.0. The van der Waals surface area contributed by atoms with E-state index in [1.165, 1.54) is 128 Å². The molecule has 0 fully saturated rings. The van der Waals surface area contributed by atoms with Crippen LogP contribution < -0.4 is 0 Å². The Labute approximate surface area is 511 Å². The number of ether oxygens (including phenoxy) is 4. The van der Waals surface area contributed by atoms with Crippen molar-refractivity contribution in [2.24, 2.45) is 11.8 Å². The van der Waals surface area contributed by atoms with Crippen LogP contribution in [0.25, 0.3) is 0 Å². The summed E-state index contributed by atoms with van der Waals surface area (Å²) in [6, 6.07) is 0. The number of phosphoric acid groups is 2. The summed E-state index contributed by atoms with van der Waals surface area (Å²) in [5.41, 5.74) is 0. The van der Waals surface area contributed by atoms with Gasteiger partial charge in [0.05, 0.1) is 26.4 Å². The van der Waals surface area contributed by atoms with Gasteiger partial charge in [-0.25, -0.2) is 9.13 Å². The Morgan fingerprint density at radius 2 is 0.548 bits per heavy atom. The van der Waals surface area contributed by atoms with Crippen LogP contribution in [-0.4, -0.2) is 96.7 Å². The largest absolute Gasteiger partial charge is 0.472 e. The Hall–Kier alpha value is -1.94. The Morgan fingerprint density at radius 3 is 0.810 bits per heavy atom. The van der Waals surface area contributed by atoms with Gasteiger partial charge < -0.3 is 33.8 Å². The molecule has 0 aliphatic rings. The molecule has 5 atom stereocenters. The standard InChI is InChI=1S/C65H126O17P2/c1-7-9-11-13-15-16-17-25-31-37-43-49-64(69)81-60(53-75-62(67)47-41-35-27-14-12-10-8-2)55-79-83(71,72)77-51-59(66)52-78-84(73,74)80-56-61(82-65(70)50-44-38-32-26-21-19-23-29-34-40-46-58(5)6)54-76-63(68)48-42-36-30-24-20-18-22-28-33-39-45-57(3)4/h57-61,66H,7-56H2,1-6H3,(H,71,72)(H,73,74)/t59-,60+,61+/m0/s1. The summed E-state index contributed by atoms with van der Waals surface area (Å²) in [5, 5.41) is 10.5. The molecule has 0 aromatic carbocycles. The maximum atomic E-state index is 13.0. The van der Waals surface area contributed by atoms with Crippen LogP contribution in [0.5, 0.6) is 0 Å². The van der Waals surface area contributed by atoms with Crippen LogP contribution >= 0.6 is 15.6 Å². The number of aliphatic hydroxyl groups excluding tert-OH is 1.